The van der Waals surface area contributed by atoms with Gasteiger partial charge >= 0.3 is 0 Å². The summed E-state index contributed by atoms with van der Waals surface area (Å²) in [5, 5.41) is 7.57. The first-order chi connectivity index (χ1) is 15.2. The number of nitrogens with zero attached hydrogens (tertiary/aromatic N) is 6. The van der Waals surface area contributed by atoms with Gasteiger partial charge in [-0.15, -0.1) is 5.10 Å². The van der Waals surface area contributed by atoms with Gasteiger partial charge in [0.05, 0.1) is 12.8 Å². The summed E-state index contributed by atoms with van der Waals surface area (Å²) in [6.45, 7) is 2.95. The average molecular weight is 419 g/mol. The van der Waals surface area contributed by atoms with Gasteiger partial charge in [0.15, 0.2) is 0 Å². The van der Waals surface area contributed by atoms with Crippen LogP contribution in [0.25, 0.3) is 11.3 Å². The van der Waals surface area contributed by atoms with E-state index in [0.29, 0.717) is 19.0 Å². The lowest BCUT2D eigenvalue weighted by molar-refractivity contribution is 0.0698. The molecule has 1 aromatic carbocycles. The van der Waals surface area contributed by atoms with Crippen LogP contribution in [0.15, 0.2) is 36.5 Å². The molecule has 0 saturated carbocycles. The van der Waals surface area contributed by atoms with Crippen LogP contribution in [-0.4, -0.2) is 62.3 Å². The first kappa shape index (κ1) is 19.5. The molecule has 0 aliphatic carbocycles. The van der Waals surface area contributed by atoms with E-state index in [9.17, 15) is 4.79 Å². The summed E-state index contributed by atoms with van der Waals surface area (Å²) in [6.07, 6.45) is 4.41. The number of anilines is 1. The van der Waals surface area contributed by atoms with Crippen molar-refractivity contribution < 1.29 is 9.53 Å². The second-order valence-corrected chi connectivity index (χ2v) is 7.83. The van der Waals surface area contributed by atoms with Crippen LogP contribution >= 0.6 is 0 Å². The Labute approximate surface area is 180 Å². The number of hydrogen-bond acceptors (Lipinski definition) is 7. The van der Waals surface area contributed by atoms with Crippen molar-refractivity contribution in [1.29, 1.82) is 0 Å². The Morgan fingerprint density at radius 1 is 1.13 bits per heavy atom. The number of piperidine rings is 1. The molecule has 3 aromatic rings. The summed E-state index contributed by atoms with van der Waals surface area (Å²) in [6, 6.07) is 9.75. The van der Waals surface area contributed by atoms with Crippen LogP contribution in [-0.2, 0) is 6.54 Å². The predicted molar refractivity (Wildman–Crippen MR) is 115 cm³/mol. The minimum absolute atomic E-state index is 0.106. The number of aromatic nitrogens is 5. The van der Waals surface area contributed by atoms with E-state index in [1.165, 1.54) is 0 Å². The number of aryl methyl sites for hydroxylation is 1. The lowest BCUT2D eigenvalue weighted by atomic mass is 9.95. The third-order valence-electron chi connectivity index (χ3n) is 5.90. The van der Waals surface area contributed by atoms with Gasteiger partial charge in [-0.3, -0.25) is 4.79 Å². The number of rotatable bonds is 4. The largest absolute Gasteiger partial charge is 0.496 e. The van der Waals surface area contributed by atoms with Gasteiger partial charge in [-0.2, -0.15) is 4.98 Å². The van der Waals surface area contributed by atoms with E-state index in [1.54, 1.807) is 18.0 Å². The SMILES string of the molecule is COc1ccccc1-c1ccnc(C2CCN(C(=O)c3nc4n(n3)CCCN4)CC2)n1. The van der Waals surface area contributed by atoms with Crippen LogP contribution in [0.2, 0.25) is 0 Å². The molecule has 31 heavy (non-hydrogen) atoms. The first-order valence-corrected chi connectivity index (χ1v) is 10.7. The lowest BCUT2D eigenvalue weighted by Gasteiger charge is -2.30. The zero-order valence-corrected chi connectivity index (χ0v) is 17.5. The summed E-state index contributed by atoms with van der Waals surface area (Å²) in [4.78, 5) is 28.4. The molecule has 1 fully saturated rings. The van der Waals surface area contributed by atoms with Crippen LogP contribution in [0.5, 0.6) is 5.75 Å². The fraction of sp³-hybridized carbons (Fsp3) is 0.409. The number of fused-ring (bicyclic) bond motifs is 1. The third kappa shape index (κ3) is 3.83. The highest BCUT2D eigenvalue weighted by Crippen LogP contribution is 2.31. The minimum Gasteiger partial charge on any atom is -0.496 e. The zero-order chi connectivity index (χ0) is 21.2. The van der Waals surface area contributed by atoms with Gasteiger partial charge in [0.1, 0.15) is 11.6 Å². The van der Waals surface area contributed by atoms with Crippen LogP contribution in [0, 0.1) is 0 Å². The molecular weight excluding hydrogens is 394 g/mol. The maximum atomic E-state index is 12.9. The van der Waals surface area contributed by atoms with Crippen molar-refractivity contribution in [3.8, 4) is 17.0 Å². The zero-order valence-electron chi connectivity index (χ0n) is 17.5. The van der Waals surface area contributed by atoms with E-state index >= 15 is 0 Å². The minimum atomic E-state index is -0.106. The topological polar surface area (TPSA) is 98.1 Å². The fourth-order valence-electron chi connectivity index (χ4n) is 4.21. The number of benzene rings is 1. The monoisotopic (exact) mass is 419 g/mol. The molecule has 0 atom stereocenters. The Hall–Kier alpha value is -3.49. The van der Waals surface area contributed by atoms with Crippen molar-refractivity contribution >= 4 is 11.9 Å². The Morgan fingerprint density at radius 3 is 2.77 bits per heavy atom. The third-order valence-corrected chi connectivity index (χ3v) is 5.90. The molecule has 1 amide bonds. The molecule has 2 aliphatic heterocycles. The molecule has 9 heteroatoms. The van der Waals surface area contributed by atoms with Gasteiger partial charge in [-0.1, -0.05) is 12.1 Å². The van der Waals surface area contributed by atoms with Crippen LogP contribution in [0.1, 0.15) is 41.6 Å². The molecule has 0 radical (unpaired) electrons. The maximum absolute atomic E-state index is 12.9. The Balaban J connectivity index is 1.27. The van der Waals surface area contributed by atoms with Crippen molar-refractivity contribution in [3.05, 3.63) is 48.2 Å². The Morgan fingerprint density at radius 2 is 1.97 bits per heavy atom. The molecular formula is C22H25N7O2. The molecule has 5 rings (SSSR count). The second-order valence-electron chi connectivity index (χ2n) is 7.83. The van der Waals surface area contributed by atoms with Gasteiger partial charge in [-0.05, 0) is 37.5 Å². The van der Waals surface area contributed by atoms with Gasteiger partial charge in [0, 0.05) is 43.9 Å². The molecule has 2 aliphatic rings. The molecule has 0 bridgehead atoms. The summed E-state index contributed by atoms with van der Waals surface area (Å²) < 4.78 is 7.25. The van der Waals surface area contributed by atoms with Crippen molar-refractivity contribution in [1.82, 2.24) is 29.6 Å². The number of likely N-dealkylation sites (tertiary alicyclic amines) is 1. The highest BCUT2D eigenvalue weighted by molar-refractivity contribution is 5.90. The van der Waals surface area contributed by atoms with Crippen molar-refractivity contribution in [3.63, 3.8) is 0 Å². The number of carbonyl (C=O) groups excluding carboxylic acids is 1. The van der Waals surface area contributed by atoms with E-state index in [0.717, 1.165) is 55.2 Å². The highest BCUT2D eigenvalue weighted by atomic mass is 16.5. The number of methoxy groups -OCH3 is 1. The van der Waals surface area contributed by atoms with Crippen molar-refractivity contribution in [2.24, 2.45) is 0 Å². The van der Waals surface area contributed by atoms with Crippen LogP contribution < -0.4 is 10.1 Å². The molecule has 0 unspecified atom stereocenters. The summed E-state index contributed by atoms with van der Waals surface area (Å²) in [5.41, 5.74) is 1.80. The van der Waals surface area contributed by atoms with E-state index < -0.39 is 0 Å². The molecule has 1 saturated heterocycles. The predicted octanol–water partition coefficient (Wildman–Crippen LogP) is 2.58. The smallest absolute Gasteiger partial charge is 0.293 e. The van der Waals surface area contributed by atoms with Gasteiger partial charge in [0.2, 0.25) is 11.8 Å². The molecule has 4 heterocycles. The molecule has 1 N–H and O–H groups in total. The fourth-order valence-corrected chi connectivity index (χ4v) is 4.21. The summed E-state index contributed by atoms with van der Waals surface area (Å²) in [7, 11) is 1.66. The van der Waals surface area contributed by atoms with E-state index in [4.69, 9.17) is 9.72 Å². The number of ether oxygens (including phenoxy) is 1. The van der Waals surface area contributed by atoms with Gasteiger partial charge in [-0.25, -0.2) is 14.6 Å². The Kier molecular flexibility index (Phi) is 5.23. The number of hydrogen-bond donors (Lipinski definition) is 1. The van der Waals surface area contributed by atoms with Gasteiger partial charge < -0.3 is 15.0 Å². The Bertz CT molecular complexity index is 1070. The standard InChI is InChI=1S/C22H25N7O2/c1-31-18-6-3-2-5-16(18)17-7-11-23-19(25-17)15-8-13-28(14-9-15)21(30)20-26-22-24-10-4-12-29(22)27-20/h2-3,5-7,11,15H,4,8-10,12-14H2,1H3,(H,24,26,27). The van der Waals surface area contributed by atoms with Crippen LogP contribution in [0.3, 0.4) is 0 Å². The average Bonchev–Trinajstić information content (AvgIpc) is 3.28. The molecule has 9 nitrogen and oxygen atoms in total. The quantitative estimate of drug-likeness (QED) is 0.694. The van der Waals surface area contributed by atoms with Gasteiger partial charge in [0.25, 0.3) is 5.91 Å². The number of amides is 1. The van der Waals surface area contributed by atoms with E-state index in [-0.39, 0.29) is 17.6 Å². The first-order valence-electron chi connectivity index (χ1n) is 10.7. The van der Waals surface area contributed by atoms with Crippen molar-refractivity contribution in [2.45, 2.75) is 31.7 Å². The maximum Gasteiger partial charge on any atom is 0.293 e. The summed E-state index contributed by atoms with van der Waals surface area (Å²) >= 11 is 0. The number of carbonyl (C=O) groups is 1. The second kappa shape index (κ2) is 8.33. The molecule has 160 valence electrons. The lowest BCUT2D eigenvalue weighted by Crippen LogP contribution is -2.38. The number of para-hydroxylation sites is 1. The molecule has 0 spiro atoms. The van der Waals surface area contributed by atoms with E-state index in [2.05, 4.69) is 20.4 Å². The number of nitrogens with one attached hydrogen (secondary N) is 1. The van der Waals surface area contributed by atoms with Crippen LogP contribution in [0.4, 0.5) is 5.95 Å². The normalized spacial score (nSPS) is 16.5. The van der Waals surface area contributed by atoms with E-state index in [1.807, 2.05) is 35.2 Å². The highest BCUT2D eigenvalue weighted by Gasteiger charge is 2.29. The molecule has 2 aromatic heterocycles. The summed E-state index contributed by atoms with van der Waals surface area (Å²) in [5.74, 6) is 2.67. The van der Waals surface area contributed by atoms with Crippen molar-refractivity contribution in [2.75, 3.05) is 32.1 Å².